The highest BCUT2D eigenvalue weighted by atomic mass is 32.1. The molecule has 5 heterocycles. The first-order valence-corrected chi connectivity index (χ1v) is 23.1. The number of anilines is 2. The molecule has 10 rings (SSSR count). The molecule has 11 heteroatoms. The molecule has 0 radical (unpaired) electrons. The summed E-state index contributed by atoms with van der Waals surface area (Å²) in [6.07, 6.45) is 3.29. The number of piperidine rings is 1. The maximum Gasteiger partial charge on any atom is 0.162 e. The molecule has 62 heavy (non-hydrogen) atoms. The maximum absolute atomic E-state index is 13.9. The van der Waals surface area contributed by atoms with Crippen molar-refractivity contribution in [3.63, 3.8) is 0 Å². The highest BCUT2D eigenvalue weighted by molar-refractivity contribution is 7.15. The van der Waals surface area contributed by atoms with E-state index in [1.165, 1.54) is 49.6 Å². The minimum Gasteiger partial charge on any atom is -0.508 e. The number of thiophene rings is 1. The lowest BCUT2D eigenvalue weighted by molar-refractivity contribution is -0.0173. The minimum atomic E-state index is -0.710. The first-order chi connectivity index (χ1) is 29.9. The second kappa shape index (κ2) is 16.1. The summed E-state index contributed by atoms with van der Waals surface area (Å²) in [5.74, 6) is 2.18. The molecule has 0 spiro atoms. The average molecular weight is 850 g/mol. The number of phenols is 1. The zero-order chi connectivity index (χ0) is 42.9. The van der Waals surface area contributed by atoms with Gasteiger partial charge < -0.3 is 20.0 Å². The number of aromatic hydroxyl groups is 1. The van der Waals surface area contributed by atoms with Gasteiger partial charge in [-0.3, -0.25) is 14.5 Å². The van der Waals surface area contributed by atoms with Crippen molar-refractivity contribution in [2.24, 2.45) is 4.99 Å². The normalized spacial score (nSPS) is 21.2. The van der Waals surface area contributed by atoms with Crippen LogP contribution in [0.1, 0.15) is 105 Å². The number of hydrogen-bond donors (Lipinski definition) is 2. The number of hydrogen-bond acceptors (Lipinski definition) is 9. The number of phenolic OH excluding ortho intramolecular Hbond substituents is 1. The molecule has 9 nitrogen and oxygen atoms in total. The van der Waals surface area contributed by atoms with Crippen LogP contribution in [-0.4, -0.2) is 87.0 Å². The smallest absolute Gasteiger partial charge is 0.162 e. The lowest BCUT2D eigenvalue weighted by atomic mass is 9.69. The zero-order valence-electron chi connectivity index (χ0n) is 36.4. The van der Waals surface area contributed by atoms with Gasteiger partial charge >= 0.3 is 0 Å². The Labute approximate surface area is 368 Å². The molecule has 0 amide bonds. The molecule has 2 fully saturated rings. The first-order valence-electron chi connectivity index (χ1n) is 22.3. The molecule has 3 aliphatic heterocycles. The van der Waals surface area contributed by atoms with Gasteiger partial charge in [-0.1, -0.05) is 42.5 Å². The van der Waals surface area contributed by atoms with Gasteiger partial charge in [0, 0.05) is 79.1 Å². The van der Waals surface area contributed by atoms with Crippen molar-refractivity contribution in [1.82, 2.24) is 19.7 Å². The Bertz CT molecular complexity index is 2650. The van der Waals surface area contributed by atoms with Gasteiger partial charge in [-0.15, -0.1) is 21.5 Å². The minimum absolute atomic E-state index is 0.114. The van der Waals surface area contributed by atoms with Gasteiger partial charge in [0.25, 0.3) is 0 Å². The van der Waals surface area contributed by atoms with Crippen LogP contribution in [0, 0.1) is 33.5 Å². The van der Waals surface area contributed by atoms with Crippen molar-refractivity contribution >= 4 is 28.4 Å². The molecule has 0 saturated carbocycles. The van der Waals surface area contributed by atoms with Crippen LogP contribution < -0.4 is 9.80 Å². The van der Waals surface area contributed by atoms with Crippen molar-refractivity contribution < 1.29 is 14.6 Å². The molecule has 2 aromatic heterocycles. The van der Waals surface area contributed by atoms with E-state index in [4.69, 9.17) is 4.99 Å². The monoisotopic (exact) mass is 849 g/mol. The van der Waals surface area contributed by atoms with Gasteiger partial charge in [0.15, 0.2) is 5.82 Å². The SMILES string of the molecule is Cc1cc([C@@H]2c3ccc(O)cc3CC[C@@H]2c2ccc(F)cc2)ccc1N1CCN(CC2(O)CCN(c3ccc(C4=N[C@@H](C)c5nnc(C)n5-c5sc(C)c(C)c54)cc3)CC2)CC1. The summed E-state index contributed by atoms with van der Waals surface area (Å²) in [5, 5.41) is 32.2. The van der Waals surface area contributed by atoms with Gasteiger partial charge in [-0.25, -0.2) is 4.39 Å². The van der Waals surface area contributed by atoms with E-state index in [1.807, 2.05) is 25.1 Å². The average Bonchev–Trinajstić information content (AvgIpc) is 3.76. The highest BCUT2D eigenvalue weighted by Crippen LogP contribution is 2.48. The second-order valence-electron chi connectivity index (χ2n) is 18.2. The van der Waals surface area contributed by atoms with Crippen molar-refractivity contribution in [2.75, 3.05) is 55.6 Å². The number of aromatic nitrogens is 3. The Hall–Kier alpha value is -5.36. The third-order valence-corrected chi connectivity index (χ3v) is 15.4. The molecule has 4 aromatic carbocycles. The van der Waals surface area contributed by atoms with E-state index >= 15 is 0 Å². The first kappa shape index (κ1) is 40.7. The standard InChI is InChI=1S/C51H56FN7O2S/c1-31-28-39(47-43(36-6-12-40(52)13-7-36)17-10-38-29-42(60)16-18-44(38)47)11-19-45(31)58-26-24-56(25-27-58)30-51(61)20-22-57(23-21-51)41-14-8-37(9-15-41)48-46-32(2)34(4)62-50(46)59-35(5)54-55-49(59)33(3)53-48/h6-9,11-16,18-19,28-29,33,43,47,60-61H,10,17,20-27,30H2,1-5H3/t33-,43+,47-/m0/s1. The van der Waals surface area contributed by atoms with E-state index < -0.39 is 5.60 Å². The van der Waals surface area contributed by atoms with Gasteiger partial charge in [-0.05, 0) is 142 Å². The van der Waals surface area contributed by atoms with Crippen LogP contribution in [0.2, 0.25) is 0 Å². The number of rotatable bonds is 7. The molecule has 6 aromatic rings. The van der Waals surface area contributed by atoms with Crippen LogP contribution in [0.5, 0.6) is 5.75 Å². The third kappa shape index (κ3) is 7.41. The number of fused-ring (bicyclic) bond motifs is 4. The van der Waals surface area contributed by atoms with Crippen molar-refractivity contribution in [3.8, 4) is 10.8 Å². The number of nitrogens with zero attached hydrogens (tertiary/aromatic N) is 7. The number of aliphatic hydroxyl groups is 1. The van der Waals surface area contributed by atoms with Gasteiger partial charge in [-0.2, -0.15) is 0 Å². The molecule has 0 bridgehead atoms. The molecular formula is C51H56FN7O2S. The Morgan fingerprint density at radius 3 is 2.26 bits per heavy atom. The number of β-amino-alcohol motifs (C(OH)–C–C–N with tert-alkyl or cyclic N) is 1. The molecule has 0 unspecified atom stereocenters. The topological polar surface area (TPSA) is 93.2 Å². The predicted octanol–water partition coefficient (Wildman–Crippen LogP) is 9.33. The second-order valence-corrected chi connectivity index (χ2v) is 19.4. The van der Waals surface area contributed by atoms with Crippen molar-refractivity contribution in [1.29, 1.82) is 0 Å². The molecule has 2 N–H and O–H groups in total. The number of piperazine rings is 1. The zero-order valence-corrected chi connectivity index (χ0v) is 37.2. The summed E-state index contributed by atoms with van der Waals surface area (Å²) in [5.41, 5.74) is 12.3. The summed E-state index contributed by atoms with van der Waals surface area (Å²) >= 11 is 1.78. The fourth-order valence-corrected chi connectivity index (χ4v) is 11.9. The van der Waals surface area contributed by atoms with Crippen LogP contribution in [-0.2, 0) is 6.42 Å². The quantitative estimate of drug-likeness (QED) is 0.166. The summed E-state index contributed by atoms with van der Waals surface area (Å²) in [7, 11) is 0. The number of halogens is 1. The number of aliphatic imine (C=N–C) groups is 1. The number of aryl methyl sites for hydroxylation is 4. The Kier molecular flexibility index (Phi) is 10.6. The van der Waals surface area contributed by atoms with Crippen LogP contribution in [0.3, 0.4) is 0 Å². The van der Waals surface area contributed by atoms with Crippen LogP contribution in [0.4, 0.5) is 15.8 Å². The Morgan fingerprint density at radius 2 is 1.53 bits per heavy atom. The molecule has 3 atom stereocenters. The van der Waals surface area contributed by atoms with E-state index in [0.29, 0.717) is 12.3 Å². The van der Waals surface area contributed by atoms with E-state index in [9.17, 15) is 14.6 Å². The van der Waals surface area contributed by atoms with Crippen LogP contribution in [0.15, 0.2) is 89.9 Å². The molecule has 1 aliphatic carbocycles. The number of benzene rings is 4. The summed E-state index contributed by atoms with van der Waals surface area (Å²) in [6, 6.07) is 28.4. The summed E-state index contributed by atoms with van der Waals surface area (Å²) in [6.45, 7) is 16.7. The summed E-state index contributed by atoms with van der Waals surface area (Å²) < 4.78 is 16.1. The van der Waals surface area contributed by atoms with Crippen LogP contribution in [0.25, 0.3) is 5.00 Å². The van der Waals surface area contributed by atoms with E-state index in [1.54, 1.807) is 29.5 Å². The van der Waals surface area contributed by atoms with E-state index in [2.05, 4.69) is 106 Å². The van der Waals surface area contributed by atoms with Crippen molar-refractivity contribution in [2.45, 2.75) is 83.8 Å². The maximum atomic E-state index is 13.9. The molecule has 320 valence electrons. The van der Waals surface area contributed by atoms with Gasteiger partial charge in [0.2, 0.25) is 0 Å². The van der Waals surface area contributed by atoms with E-state index in [0.717, 1.165) is 98.4 Å². The summed E-state index contributed by atoms with van der Waals surface area (Å²) in [4.78, 5) is 13.9. The molecule has 2 saturated heterocycles. The van der Waals surface area contributed by atoms with Crippen molar-refractivity contribution in [3.05, 3.63) is 152 Å². The lowest BCUT2D eigenvalue weighted by Crippen LogP contribution is -2.55. The Balaban J connectivity index is 0.773. The molecule has 4 aliphatic rings. The van der Waals surface area contributed by atoms with Gasteiger partial charge in [0.1, 0.15) is 28.4 Å². The predicted molar refractivity (Wildman–Crippen MR) is 248 cm³/mol. The third-order valence-electron chi connectivity index (χ3n) is 14.3. The fraction of sp³-hybridized carbons (Fsp3) is 0.392. The highest BCUT2D eigenvalue weighted by Gasteiger charge is 2.37. The largest absolute Gasteiger partial charge is 0.508 e. The van der Waals surface area contributed by atoms with E-state index in [-0.39, 0.29) is 23.7 Å². The fourth-order valence-electron chi connectivity index (χ4n) is 10.7. The van der Waals surface area contributed by atoms with Gasteiger partial charge in [0.05, 0.1) is 11.3 Å². The molecular weight excluding hydrogens is 794 g/mol. The lowest BCUT2D eigenvalue weighted by Gasteiger charge is -2.44. The van der Waals surface area contributed by atoms with Crippen LogP contribution >= 0.6 is 11.3 Å². The Morgan fingerprint density at radius 1 is 0.806 bits per heavy atom.